The van der Waals surface area contributed by atoms with Crippen LogP contribution in [0.25, 0.3) is 0 Å². The minimum atomic E-state index is -0.293. The summed E-state index contributed by atoms with van der Waals surface area (Å²) in [5.74, 6) is -0.440. The molecule has 1 amide bonds. The van der Waals surface area contributed by atoms with Crippen LogP contribution in [0.2, 0.25) is 0 Å². The largest absolute Gasteiger partial charge is 0.396 e. The molecule has 0 aliphatic rings. The van der Waals surface area contributed by atoms with E-state index in [1.165, 1.54) is 0 Å². The molecule has 0 heterocycles. The summed E-state index contributed by atoms with van der Waals surface area (Å²) in [6.45, 7) is 4.49. The van der Waals surface area contributed by atoms with Gasteiger partial charge in [0.2, 0.25) is 5.91 Å². The molecule has 12 heavy (non-hydrogen) atoms. The van der Waals surface area contributed by atoms with Crippen LogP contribution in [-0.4, -0.2) is 30.2 Å². The number of hydrogen-bond acceptors (Lipinski definition) is 3. The molecule has 0 saturated carbocycles. The van der Waals surface area contributed by atoms with Crippen molar-refractivity contribution in [3.8, 4) is 0 Å². The van der Waals surface area contributed by atoms with Gasteiger partial charge in [0.15, 0.2) is 0 Å². The second-order valence-corrected chi connectivity index (χ2v) is 3.12. The summed E-state index contributed by atoms with van der Waals surface area (Å²) in [5.41, 5.74) is 5.07. The third-order valence-corrected chi connectivity index (χ3v) is 1.82. The Kier molecular flexibility index (Phi) is 5.66. The van der Waals surface area contributed by atoms with Gasteiger partial charge in [0.25, 0.3) is 0 Å². The van der Waals surface area contributed by atoms with Crippen LogP contribution in [0.3, 0.4) is 0 Å². The molecule has 72 valence electrons. The zero-order valence-electron chi connectivity index (χ0n) is 7.71. The van der Waals surface area contributed by atoms with Crippen molar-refractivity contribution >= 4 is 5.91 Å². The number of amides is 1. The number of nitrogens with one attached hydrogen (secondary N) is 1. The summed E-state index contributed by atoms with van der Waals surface area (Å²) < 4.78 is 0. The van der Waals surface area contributed by atoms with Gasteiger partial charge in [0.1, 0.15) is 0 Å². The first-order chi connectivity index (χ1) is 5.57. The van der Waals surface area contributed by atoms with Crippen molar-refractivity contribution in [3.63, 3.8) is 0 Å². The Morgan fingerprint density at radius 3 is 2.58 bits per heavy atom. The minimum Gasteiger partial charge on any atom is -0.396 e. The van der Waals surface area contributed by atoms with Crippen LogP contribution in [0.4, 0.5) is 0 Å². The molecule has 4 nitrogen and oxygen atoms in total. The first kappa shape index (κ1) is 11.4. The first-order valence-electron chi connectivity index (χ1n) is 4.21. The lowest BCUT2D eigenvalue weighted by Gasteiger charge is -2.14. The van der Waals surface area contributed by atoms with Gasteiger partial charge in [-0.05, 0) is 13.3 Å². The fourth-order valence-electron chi connectivity index (χ4n) is 0.774. The standard InChI is InChI=1S/C8H18N2O2/c1-6(8(9)12)5-10-7(2)3-4-11/h6-7,10-11H,3-5H2,1-2H3,(H2,9,12). The average molecular weight is 174 g/mol. The summed E-state index contributed by atoms with van der Waals surface area (Å²) in [5, 5.41) is 11.7. The Morgan fingerprint density at radius 1 is 1.58 bits per heavy atom. The summed E-state index contributed by atoms with van der Waals surface area (Å²) >= 11 is 0. The third kappa shape index (κ3) is 5.09. The molecular weight excluding hydrogens is 156 g/mol. The quantitative estimate of drug-likeness (QED) is 0.506. The molecule has 0 aliphatic heterocycles. The van der Waals surface area contributed by atoms with Gasteiger partial charge in [0, 0.05) is 25.1 Å². The molecule has 0 aromatic carbocycles. The van der Waals surface area contributed by atoms with Crippen molar-refractivity contribution in [2.24, 2.45) is 11.7 Å². The molecule has 0 fully saturated rings. The fraction of sp³-hybridized carbons (Fsp3) is 0.875. The van der Waals surface area contributed by atoms with Crippen LogP contribution in [0.5, 0.6) is 0 Å². The van der Waals surface area contributed by atoms with Crippen LogP contribution >= 0.6 is 0 Å². The Morgan fingerprint density at radius 2 is 2.17 bits per heavy atom. The van der Waals surface area contributed by atoms with Gasteiger partial charge in [-0.15, -0.1) is 0 Å². The molecule has 0 rings (SSSR count). The molecule has 0 aromatic rings. The highest BCUT2D eigenvalue weighted by Gasteiger charge is 2.09. The number of aliphatic hydroxyl groups is 1. The highest BCUT2D eigenvalue weighted by molar-refractivity contribution is 5.76. The lowest BCUT2D eigenvalue weighted by atomic mass is 10.1. The van der Waals surface area contributed by atoms with Crippen molar-refractivity contribution in [2.75, 3.05) is 13.2 Å². The number of hydrogen-bond donors (Lipinski definition) is 3. The van der Waals surface area contributed by atoms with Crippen LogP contribution in [0.15, 0.2) is 0 Å². The molecule has 4 heteroatoms. The molecular formula is C8H18N2O2. The number of carbonyl (C=O) groups is 1. The lowest BCUT2D eigenvalue weighted by molar-refractivity contribution is -0.121. The summed E-state index contributed by atoms with van der Waals surface area (Å²) in [6.07, 6.45) is 0.700. The van der Waals surface area contributed by atoms with E-state index < -0.39 is 0 Å². The predicted molar refractivity (Wildman–Crippen MR) is 47.5 cm³/mol. The van der Waals surface area contributed by atoms with Gasteiger partial charge >= 0.3 is 0 Å². The summed E-state index contributed by atoms with van der Waals surface area (Å²) in [7, 11) is 0. The summed E-state index contributed by atoms with van der Waals surface area (Å²) in [6, 6.07) is 0.233. The van der Waals surface area contributed by atoms with E-state index in [9.17, 15) is 4.79 Å². The average Bonchev–Trinajstić information content (AvgIpc) is 2.00. The predicted octanol–water partition coefficient (Wildman–Crippen LogP) is -0.532. The second-order valence-electron chi connectivity index (χ2n) is 3.12. The zero-order valence-corrected chi connectivity index (χ0v) is 7.71. The molecule has 0 saturated heterocycles. The minimum absolute atomic E-state index is 0.147. The maximum absolute atomic E-state index is 10.6. The van der Waals surface area contributed by atoms with Gasteiger partial charge in [-0.3, -0.25) is 4.79 Å². The van der Waals surface area contributed by atoms with Gasteiger partial charge in [0.05, 0.1) is 0 Å². The zero-order chi connectivity index (χ0) is 9.56. The van der Waals surface area contributed by atoms with E-state index in [4.69, 9.17) is 10.8 Å². The Labute approximate surface area is 73.1 Å². The smallest absolute Gasteiger partial charge is 0.221 e. The second kappa shape index (κ2) is 5.97. The van der Waals surface area contributed by atoms with Gasteiger partial charge < -0.3 is 16.2 Å². The van der Waals surface area contributed by atoms with Crippen LogP contribution in [0.1, 0.15) is 20.3 Å². The molecule has 0 spiro atoms. The van der Waals surface area contributed by atoms with Crippen molar-refractivity contribution in [1.82, 2.24) is 5.32 Å². The monoisotopic (exact) mass is 174 g/mol. The molecule has 0 radical (unpaired) electrons. The van der Waals surface area contributed by atoms with Crippen molar-refractivity contribution in [3.05, 3.63) is 0 Å². The van der Waals surface area contributed by atoms with Gasteiger partial charge in [-0.1, -0.05) is 6.92 Å². The lowest BCUT2D eigenvalue weighted by Crippen LogP contribution is -2.36. The number of primary amides is 1. The van der Waals surface area contributed by atoms with Gasteiger partial charge in [-0.2, -0.15) is 0 Å². The highest BCUT2D eigenvalue weighted by Crippen LogP contribution is 1.93. The maximum atomic E-state index is 10.6. The molecule has 4 N–H and O–H groups in total. The van der Waals surface area contributed by atoms with Gasteiger partial charge in [-0.25, -0.2) is 0 Å². The van der Waals surface area contributed by atoms with Crippen molar-refractivity contribution < 1.29 is 9.90 Å². The fourth-order valence-corrected chi connectivity index (χ4v) is 0.774. The van der Waals surface area contributed by atoms with E-state index in [-0.39, 0.29) is 24.5 Å². The molecule has 2 atom stereocenters. The van der Waals surface area contributed by atoms with E-state index in [1.807, 2.05) is 6.92 Å². The Balaban J connectivity index is 3.46. The van der Waals surface area contributed by atoms with E-state index in [0.29, 0.717) is 13.0 Å². The van der Waals surface area contributed by atoms with E-state index >= 15 is 0 Å². The number of nitrogens with two attached hydrogens (primary N) is 1. The Hall–Kier alpha value is -0.610. The van der Waals surface area contributed by atoms with E-state index in [2.05, 4.69) is 5.32 Å². The molecule has 0 aromatic heterocycles. The van der Waals surface area contributed by atoms with Crippen molar-refractivity contribution in [2.45, 2.75) is 26.3 Å². The van der Waals surface area contributed by atoms with Crippen LogP contribution < -0.4 is 11.1 Å². The molecule has 2 unspecified atom stereocenters. The highest BCUT2D eigenvalue weighted by atomic mass is 16.3. The summed E-state index contributed by atoms with van der Waals surface area (Å²) in [4.78, 5) is 10.6. The van der Waals surface area contributed by atoms with Crippen molar-refractivity contribution in [1.29, 1.82) is 0 Å². The normalized spacial score (nSPS) is 15.6. The topological polar surface area (TPSA) is 75.3 Å². The molecule has 0 aliphatic carbocycles. The number of rotatable bonds is 6. The molecule has 0 bridgehead atoms. The first-order valence-corrected chi connectivity index (χ1v) is 4.21. The SMILES string of the molecule is CC(CCO)NCC(C)C(N)=O. The van der Waals surface area contributed by atoms with Crippen LogP contribution in [-0.2, 0) is 4.79 Å². The number of carbonyl (C=O) groups excluding carboxylic acids is 1. The number of aliphatic hydroxyl groups excluding tert-OH is 1. The third-order valence-electron chi connectivity index (χ3n) is 1.82. The van der Waals surface area contributed by atoms with E-state index in [0.717, 1.165) is 0 Å². The van der Waals surface area contributed by atoms with Crippen LogP contribution in [0, 0.1) is 5.92 Å². The van der Waals surface area contributed by atoms with E-state index in [1.54, 1.807) is 6.92 Å². The maximum Gasteiger partial charge on any atom is 0.221 e. The Bertz CT molecular complexity index is 139.